The van der Waals surface area contributed by atoms with Crippen molar-refractivity contribution in [1.82, 2.24) is 19.9 Å². The maximum atomic E-state index is 12.4. The standard InChI is InChI=1S/C19H18N4O3/c1-23-12-15(17(26-2)8-18(23)24)19(25)22-10-13-5-6-16(21-9-13)14-4-3-7-20-11-14/h3-9,11-12H,10H2,1-2H3,(H,22,25). The average molecular weight is 350 g/mol. The van der Waals surface area contributed by atoms with E-state index in [1.165, 1.54) is 23.9 Å². The normalized spacial score (nSPS) is 10.4. The molecule has 1 amide bonds. The summed E-state index contributed by atoms with van der Waals surface area (Å²) in [6, 6.07) is 8.85. The molecular weight excluding hydrogens is 332 g/mol. The van der Waals surface area contributed by atoms with E-state index < -0.39 is 0 Å². The number of carbonyl (C=O) groups is 1. The lowest BCUT2D eigenvalue weighted by Gasteiger charge is -2.10. The van der Waals surface area contributed by atoms with E-state index in [4.69, 9.17) is 4.74 Å². The lowest BCUT2D eigenvalue weighted by molar-refractivity contribution is 0.0947. The quantitative estimate of drug-likeness (QED) is 0.758. The van der Waals surface area contributed by atoms with Gasteiger partial charge in [-0.3, -0.25) is 19.6 Å². The molecule has 0 radical (unpaired) electrons. The number of ether oxygens (including phenoxy) is 1. The maximum absolute atomic E-state index is 12.4. The number of aryl methyl sites for hydroxylation is 1. The summed E-state index contributed by atoms with van der Waals surface area (Å²) in [5.74, 6) is -0.0792. The van der Waals surface area contributed by atoms with E-state index >= 15 is 0 Å². The second-order valence-electron chi connectivity index (χ2n) is 5.68. The molecule has 26 heavy (non-hydrogen) atoms. The molecule has 3 rings (SSSR count). The van der Waals surface area contributed by atoms with Gasteiger partial charge < -0.3 is 14.6 Å². The van der Waals surface area contributed by atoms with Gasteiger partial charge in [-0.1, -0.05) is 6.07 Å². The van der Waals surface area contributed by atoms with Gasteiger partial charge in [0.15, 0.2) is 0 Å². The SMILES string of the molecule is COc1cc(=O)n(C)cc1C(=O)NCc1ccc(-c2cccnc2)nc1. The van der Waals surface area contributed by atoms with Crippen LogP contribution in [-0.2, 0) is 13.6 Å². The number of hydrogen-bond donors (Lipinski definition) is 1. The van der Waals surface area contributed by atoms with Gasteiger partial charge in [0, 0.05) is 50.0 Å². The first-order valence-electron chi connectivity index (χ1n) is 7.96. The van der Waals surface area contributed by atoms with Crippen LogP contribution in [0.3, 0.4) is 0 Å². The van der Waals surface area contributed by atoms with Crippen LogP contribution in [-0.4, -0.2) is 27.6 Å². The first-order chi connectivity index (χ1) is 12.6. The van der Waals surface area contributed by atoms with E-state index in [-0.39, 0.29) is 17.2 Å². The van der Waals surface area contributed by atoms with Crippen molar-refractivity contribution in [3.8, 4) is 17.0 Å². The third-order valence-corrected chi connectivity index (χ3v) is 3.89. The number of pyridine rings is 3. The van der Waals surface area contributed by atoms with Crippen LogP contribution >= 0.6 is 0 Å². The van der Waals surface area contributed by atoms with Gasteiger partial charge in [0.2, 0.25) is 0 Å². The molecule has 132 valence electrons. The van der Waals surface area contributed by atoms with E-state index in [0.29, 0.717) is 12.1 Å². The van der Waals surface area contributed by atoms with Gasteiger partial charge in [-0.25, -0.2) is 0 Å². The van der Waals surface area contributed by atoms with Crippen molar-refractivity contribution in [3.05, 3.63) is 76.6 Å². The summed E-state index contributed by atoms with van der Waals surface area (Å²) in [6.45, 7) is 0.311. The number of rotatable bonds is 5. The Morgan fingerprint density at radius 3 is 2.77 bits per heavy atom. The molecule has 3 heterocycles. The van der Waals surface area contributed by atoms with Crippen LogP contribution in [0.4, 0.5) is 0 Å². The summed E-state index contributed by atoms with van der Waals surface area (Å²) in [7, 11) is 3.01. The highest BCUT2D eigenvalue weighted by molar-refractivity contribution is 5.96. The van der Waals surface area contributed by atoms with Gasteiger partial charge in [0.25, 0.3) is 11.5 Å². The Morgan fingerprint density at radius 1 is 1.27 bits per heavy atom. The predicted octanol–water partition coefficient (Wildman–Crippen LogP) is 1.78. The largest absolute Gasteiger partial charge is 0.496 e. The highest BCUT2D eigenvalue weighted by atomic mass is 16.5. The molecule has 0 aliphatic rings. The van der Waals surface area contributed by atoms with Crippen LogP contribution in [0.25, 0.3) is 11.3 Å². The fourth-order valence-corrected chi connectivity index (χ4v) is 2.44. The predicted molar refractivity (Wildman–Crippen MR) is 96.9 cm³/mol. The van der Waals surface area contributed by atoms with Crippen LogP contribution in [0, 0.1) is 0 Å². The van der Waals surface area contributed by atoms with Crippen molar-refractivity contribution in [2.45, 2.75) is 6.54 Å². The zero-order chi connectivity index (χ0) is 18.5. The molecule has 3 aromatic heterocycles. The van der Waals surface area contributed by atoms with E-state index in [9.17, 15) is 9.59 Å². The van der Waals surface area contributed by atoms with Gasteiger partial charge in [0.05, 0.1) is 18.4 Å². The number of aromatic nitrogens is 3. The van der Waals surface area contributed by atoms with Crippen LogP contribution < -0.4 is 15.6 Å². The van der Waals surface area contributed by atoms with Crippen molar-refractivity contribution in [1.29, 1.82) is 0 Å². The van der Waals surface area contributed by atoms with Crippen LogP contribution in [0.15, 0.2) is 59.9 Å². The second kappa shape index (κ2) is 7.60. The van der Waals surface area contributed by atoms with Crippen molar-refractivity contribution in [2.75, 3.05) is 7.11 Å². The number of nitrogens with one attached hydrogen (secondary N) is 1. The fraction of sp³-hybridized carbons (Fsp3) is 0.158. The van der Waals surface area contributed by atoms with Gasteiger partial charge in [-0.05, 0) is 23.8 Å². The number of nitrogens with zero attached hydrogens (tertiary/aromatic N) is 3. The molecule has 7 nitrogen and oxygen atoms in total. The third kappa shape index (κ3) is 3.77. The van der Waals surface area contributed by atoms with E-state index in [2.05, 4.69) is 15.3 Å². The Labute approximate surface area is 150 Å². The van der Waals surface area contributed by atoms with Crippen molar-refractivity contribution in [2.24, 2.45) is 7.05 Å². The smallest absolute Gasteiger partial charge is 0.256 e. The highest BCUT2D eigenvalue weighted by Gasteiger charge is 2.14. The Morgan fingerprint density at radius 2 is 2.12 bits per heavy atom. The first-order valence-corrected chi connectivity index (χ1v) is 7.96. The van der Waals surface area contributed by atoms with E-state index in [1.807, 2.05) is 24.3 Å². The molecule has 0 bridgehead atoms. The van der Waals surface area contributed by atoms with Crippen LogP contribution in [0.1, 0.15) is 15.9 Å². The summed E-state index contributed by atoms with van der Waals surface area (Å²) in [5, 5.41) is 2.81. The minimum atomic E-state index is -0.325. The van der Waals surface area contributed by atoms with Crippen molar-refractivity contribution in [3.63, 3.8) is 0 Å². The molecule has 0 saturated heterocycles. The Balaban J connectivity index is 1.70. The number of hydrogen-bond acceptors (Lipinski definition) is 5. The number of amides is 1. The highest BCUT2D eigenvalue weighted by Crippen LogP contribution is 2.16. The van der Waals surface area contributed by atoms with Crippen molar-refractivity contribution >= 4 is 5.91 Å². The topological polar surface area (TPSA) is 86.1 Å². The Hall–Kier alpha value is -3.48. The fourth-order valence-electron chi connectivity index (χ4n) is 2.44. The zero-order valence-corrected chi connectivity index (χ0v) is 14.5. The molecular formula is C19H18N4O3. The molecule has 3 aromatic rings. The monoisotopic (exact) mass is 350 g/mol. The van der Waals surface area contributed by atoms with Crippen LogP contribution in [0.2, 0.25) is 0 Å². The maximum Gasteiger partial charge on any atom is 0.256 e. The third-order valence-electron chi connectivity index (χ3n) is 3.89. The summed E-state index contributed by atoms with van der Waals surface area (Å²) in [5.41, 5.74) is 2.66. The lowest BCUT2D eigenvalue weighted by Crippen LogP contribution is -2.26. The van der Waals surface area contributed by atoms with Gasteiger partial charge in [-0.2, -0.15) is 0 Å². The molecule has 1 N–H and O–H groups in total. The summed E-state index contributed by atoms with van der Waals surface area (Å²) >= 11 is 0. The molecule has 7 heteroatoms. The summed E-state index contributed by atoms with van der Waals surface area (Å²) in [6.07, 6.45) is 6.62. The summed E-state index contributed by atoms with van der Waals surface area (Å²) < 4.78 is 6.46. The molecule has 0 fully saturated rings. The molecule has 0 aliphatic heterocycles. The van der Waals surface area contributed by atoms with Gasteiger partial charge in [0.1, 0.15) is 5.75 Å². The Bertz CT molecular complexity index is 966. The minimum Gasteiger partial charge on any atom is -0.496 e. The lowest BCUT2D eigenvalue weighted by atomic mass is 10.1. The Kier molecular flexibility index (Phi) is 5.07. The molecule has 0 saturated carbocycles. The number of carbonyl (C=O) groups excluding carboxylic acids is 1. The van der Waals surface area contributed by atoms with Crippen LogP contribution in [0.5, 0.6) is 5.75 Å². The first kappa shape index (κ1) is 17.3. The molecule has 0 aliphatic carbocycles. The molecule has 0 unspecified atom stereocenters. The average Bonchev–Trinajstić information content (AvgIpc) is 2.69. The summed E-state index contributed by atoms with van der Waals surface area (Å²) in [4.78, 5) is 32.5. The molecule has 0 spiro atoms. The molecule has 0 aromatic carbocycles. The minimum absolute atomic E-state index is 0.242. The zero-order valence-electron chi connectivity index (χ0n) is 14.5. The number of methoxy groups -OCH3 is 1. The molecule has 0 atom stereocenters. The van der Waals surface area contributed by atoms with Gasteiger partial charge in [-0.15, -0.1) is 0 Å². The van der Waals surface area contributed by atoms with E-state index in [1.54, 1.807) is 25.6 Å². The van der Waals surface area contributed by atoms with Crippen molar-refractivity contribution < 1.29 is 9.53 Å². The van der Waals surface area contributed by atoms with E-state index in [0.717, 1.165) is 16.8 Å². The van der Waals surface area contributed by atoms with Gasteiger partial charge >= 0.3 is 0 Å². The second-order valence-corrected chi connectivity index (χ2v) is 5.68.